The molecule has 13 rings (SSSR count). The minimum Gasteiger partial charge on any atom is -0.0654 e. The maximum atomic E-state index is 2.80. The Labute approximate surface area is 548 Å². The average molecular weight is 1200 g/mol. The van der Waals surface area contributed by atoms with Crippen molar-refractivity contribution in [3.05, 3.63) is 226 Å². The Bertz CT molecular complexity index is 3900. The second-order valence-corrected chi connectivity index (χ2v) is 29.2. The van der Waals surface area contributed by atoms with Crippen molar-refractivity contribution in [2.75, 3.05) is 0 Å². The summed E-state index contributed by atoms with van der Waals surface area (Å²) in [6.45, 7) is 19.4. The van der Waals surface area contributed by atoms with E-state index in [1.54, 1.807) is 11.1 Å². The Kier molecular flexibility index (Phi) is 18.6. The maximum absolute atomic E-state index is 2.80. The van der Waals surface area contributed by atoms with Gasteiger partial charge in [0.05, 0.1) is 0 Å². The van der Waals surface area contributed by atoms with Crippen molar-refractivity contribution in [2.45, 2.75) is 226 Å². The molecule has 466 valence electrons. The highest BCUT2D eigenvalue weighted by molar-refractivity contribution is 6.12. The van der Waals surface area contributed by atoms with Crippen LogP contribution in [0.1, 0.15) is 241 Å². The summed E-state index contributed by atoms with van der Waals surface area (Å²) in [4.78, 5) is 0. The molecule has 0 bridgehead atoms. The van der Waals surface area contributed by atoms with Gasteiger partial charge in [-0.1, -0.05) is 317 Å². The normalized spacial score (nSPS) is 14.4. The van der Waals surface area contributed by atoms with Gasteiger partial charge < -0.3 is 0 Å². The minimum atomic E-state index is -0.210. The van der Waals surface area contributed by atoms with Crippen LogP contribution in [-0.2, 0) is 29.1 Å². The molecule has 0 nitrogen and oxygen atoms in total. The van der Waals surface area contributed by atoms with E-state index in [4.69, 9.17) is 0 Å². The van der Waals surface area contributed by atoms with Crippen LogP contribution in [0.3, 0.4) is 0 Å². The molecule has 0 spiro atoms. The van der Waals surface area contributed by atoms with Crippen LogP contribution in [0.5, 0.6) is 0 Å². The lowest BCUT2D eigenvalue weighted by Crippen LogP contribution is -2.26. The van der Waals surface area contributed by atoms with Crippen LogP contribution in [0.2, 0.25) is 0 Å². The molecular formula is C91H102. The lowest BCUT2D eigenvalue weighted by Gasteiger charge is -2.34. The molecule has 0 aliphatic heterocycles. The molecule has 0 fully saturated rings. The van der Waals surface area contributed by atoms with Crippen molar-refractivity contribution >= 4 is 21.5 Å². The number of unbranched alkanes of at least 4 members (excludes halogenated alkanes) is 16. The Balaban J connectivity index is 0.911. The van der Waals surface area contributed by atoms with Crippen LogP contribution < -0.4 is 0 Å². The summed E-state index contributed by atoms with van der Waals surface area (Å²) < 4.78 is 0. The third kappa shape index (κ3) is 11.9. The zero-order chi connectivity index (χ0) is 62.7. The van der Waals surface area contributed by atoms with E-state index in [-0.39, 0.29) is 16.2 Å². The second-order valence-electron chi connectivity index (χ2n) is 29.2. The predicted molar refractivity (Wildman–Crippen MR) is 396 cm³/mol. The molecule has 0 saturated carbocycles. The SMILES string of the molecule is CCCCCCCCC1(CCCCCCCC)c2cc3c(cc2-c2cc4c(cc21)-c1c(cc(-c2ccc(-c5ccc(CCCCCC)cc5)cc2)c2ccccc12)C4(C)C)C(C)(C)c1cc(-c2ccc(-c4ccc(CCCCCC)cc4)cc2)c2ccccc2c1-3. The van der Waals surface area contributed by atoms with E-state index in [2.05, 4.69) is 237 Å². The molecule has 0 saturated heterocycles. The Morgan fingerprint density at radius 3 is 0.890 bits per heavy atom. The third-order valence-corrected chi connectivity index (χ3v) is 22.5. The molecule has 0 N–H and O–H groups in total. The highest BCUT2D eigenvalue weighted by atomic mass is 14.5. The van der Waals surface area contributed by atoms with Gasteiger partial charge in [0, 0.05) is 16.2 Å². The fourth-order valence-corrected chi connectivity index (χ4v) is 17.1. The molecule has 0 radical (unpaired) electrons. The highest BCUT2D eigenvalue weighted by Gasteiger charge is 2.48. The zero-order valence-corrected chi connectivity index (χ0v) is 56.8. The summed E-state index contributed by atoms with van der Waals surface area (Å²) >= 11 is 0. The number of hydrogen-bond acceptors (Lipinski definition) is 0. The van der Waals surface area contributed by atoms with E-state index in [0.29, 0.717) is 0 Å². The number of aryl methyl sites for hydroxylation is 2. The van der Waals surface area contributed by atoms with E-state index in [0.717, 1.165) is 0 Å². The molecule has 0 aromatic heterocycles. The molecule has 10 aromatic carbocycles. The van der Waals surface area contributed by atoms with Crippen molar-refractivity contribution in [3.8, 4) is 77.9 Å². The van der Waals surface area contributed by atoms with Crippen LogP contribution in [0.15, 0.2) is 182 Å². The Hall–Kier alpha value is -7.28. The standard InChI is InChI=1S/C91H102/c1-9-13-17-21-23-31-55-91(56-32-24-22-18-14-10-2)83-61-79-81(89(5,6)85-57-75(71-35-27-29-37-73(71)87(79)85)69-51-47-67(48-52-69)65-43-39-63(40-44-65)33-25-19-15-11-3)59-77(83)78-60-82-80(62-84(78)91)88-74-38-30-28-36-72(74)76(58-86(88)90(82,7)8)70-53-49-68(50-54-70)66-45-41-64(42-46-66)34-26-20-16-12-4/h27-30,35-54,57-62H,9-26,31-34,55-56H2,1-8H3. The predicted octanol–water partition coefficient (Wildman–Crippen LogP) is 27.3. The van der Waals surface area contributed by atoms with Gasteiger partial charge in [-0.3, -0.25) is 0 Å². The number of rotatable bonds is 28. The van der Waals surface area contributed by atoms with E-state index < -0.39 is 0 Å². The monoisotopic (exact) mass is 1190 g/mol. The largest absolute Gasteiger partial charge is 0.0654 e. The first-order chi connectivity index (χ1) is 44.5. The summed E-state index contributed by atoms with van der Waals surface area (Å²) in [5, 5.41) is 5.45. The van der Waals surface area contributed by atoms with E-state index in [1.807, 2.05) is 0 Å². The van der Waals surface area contributed by atoms with Gasteiger partial charge in [0.2, 0.25) is 0 Å². The summed E-state index contributed by atoms with van der Waals surface area (Å²) in [6, 6.07) is 72.8. The molecule has 0 atom stereocenters. The molecular weight excluding hydrogens is 1090 g/mol. The molecule has 3 aliphatic carbocycles. The fraction of sp³-hybridized carbons (Fsp3) is 0.385. The molecule has 91 heavy (non-hydrogen) atoms. The minimum absolute atomic E-state index is 0.0943. The Morgan fingerprint density at radius 1 is 0.242 bits per heavy atom. The van der Waals surface area contributed by atoms with Crippen LogP contribution >= 0.6 is 0 Å². The van der Waals surface area contributed by atoms with Gasteiger partial charge in [-0.15, -0.1) is 0 Å². The van der Waals surface area contributed by atoms with Crippen molar-refractivity contribution in [1.82, 2.24) is 0 Å². The summed E-state index contributed by atoms with van der Waals surface area (Å²) in [5.74, 6) is 0. The van der Waals surface area contributed by atoms with Crippen molar-refractivity contribution in [2.24, 2.45) is 0 Å². The van der Waals surface area contributed by atoms with Crippen LogP contribution in [0, 0.1) is 0 Å². The van der Waals surface area contributed by atoms with Crippen molar-refractivity contribution < 1.29 is 0 Å². The molecule has 3 aliphatic rings. The quantitative estimate of drug-likeness (QED) is 0.0429. The lowest BCUT2D eigenvalue weighted by molar-refractivity contribution is 0.398. The van der Waals surface area contributed by atoms with Crippen LogP contribution in [0.25, 0.3) is 99.4 Å². The van der Waals surface area contributed by atoms with Gasteiger partial charge in [-0.05, 0) is 219 Å². The highest BCUT2D eigenvalue weighted by Crippen LogP contribution is 2.63. The van der Waals surface area contributed by atoms with Crippen LogP contribution in [-0.4, -0.2) is 0 Å². The summed E-state index contributed by atoms with van der Waals surface area (Å²) in [5.41, 5.74) is 30.7. The van der Waals surface area contributed by atoms with Gasteiger partial charge in [0.15, 0.2) is 0 Å². The first-order valence-electron chi connectivity index (χ1n) is 36.4. The molecule has 0 amide bonds. The molecule has 0 heteroatoms. The van der Waals surface area contributed by atoms with Gasteiger partial charge in [0.25, 0.3) is 0 Å². The van der Waals surface area contributed by atoms with Gasteiger partial charge in [0.1, 0.15) is 0 Å². The molecule has 10 aromatic rings. The smallest absolute Gasteiger partial charge is 0.0215 e. The Morgan fingerprint density at radius 2 is 0.527 bits per heavy atom. The summed E-state index contributed by atoms with van der Waals surface area (Å²) in [7, 11) is 0. The topological polar surface area (TPSA) is 0 Å². The van der Waals surface area contributed by atoms with Crippen LogP contribution in [0.4, 0.5) is 0 Å². The van der Waals surface area contributed by atoms with Gasteiger partial charge in [-0.2, -0.15) is 0 Å². The first kappa shape index (κ1) is 62.5. The van der Waals surface area contributed by atoms with E-state index in [1.165, 1.54) is 287 Å². The number of hydrogen-bond donors (Lipinski definition) is 0. The molecule has 0 heterocycles. The van der Waals surface area contributed by atoms with E-state index in [9.17, 15) is 0 Å². The van der Waals surface area contributed by atoms with Gasteiger partial charge >= 0.3 is 0 Å². The first-order valence-corrected chi connectivity index (χ1v) is 36.4. The number of fused-ring (bicyclic) bond motifs is 13. The average Bonchev–Trinajstić information content (AvgIpc) is 1.52. The van der Waals surface area contributed by atoms with Crippen molar-refractivity contribution in [1.29, 1.82) is 0 Å². The number of benzene rings is 10. The summed E-state index contributed by atoms with van der Waals surface area (Å²) in [6.07, 6.45) is 30.8. The molecule has 0 unspecified atom stereocenters. The fourth-order valence-electron chi connectivity index (χ4n) is 17.1. The van der Waals surface area contributed by atoms with E-state index >= 15 is 0 Å². The van der Waals surface area contributed by atoms with Crippen molar-refractivity contribution in [3.63, 3.8) is 0 Å². The second kappa shape index (κ2) is 27.1. The maximum Gasteiger partial charge on any atom is 0.0215 e. The zero-order valence-electron chi connectivity index (χ0n) is 56.8. The third-order valence-electron chi connectivity index (χ3n) is 22.5. The lowest BCUT2D eigenvalue weighted by atomic mass is 9.69. The van der Waals surface area contributed by atoms with Gasteiger partial charge in [-0.25, -0.2) is 0 Å².